The van der Waals surface area contributed by atoms with Crippen molar-refractivity contribution in [2.24, 2.45) is 0 Å². The smallest absolute Gasteiger partial charge is 0.261 e. The van der Waals surface area contributed by atoms with E-state index in [-0.39, 0.29) is 11.7 Å². The Bertz CT molecular complexity index is 878. The molecule has 0 fully saturated rings. The lowest BCUT2D eigenvalue weighted by atomic mass is 10.1. The van der Waals surface area contributed by atoms with Crippen LogP contribution < -0.4 is 10.1 Å². The van der Waals surface area contributed by atoms with Crippen molar-refractivity contribution in [3.05, 3.63) is 78.1 Å². The van der Waals surface area contributed by atoms with Crippen molar-refractivity contribution < 1.29 is 13.9 Å². The number of hydrogen-bond acceptors (Lipinski definition) is 2. The number of para-hydroxylation sites is 1. The van der Waals surface area contributed by atoms with E-state index in [9.17, 15) is 9.18 Å². The largest absolute Gasteiger partial charge is 0.478 e. The van der Waals surface area contributed by atoms with Crippen LogP contribution in [0.5, 0.6) is 5.75 Å². The number of nitrogens with one attached hydrogen (secondary N) is 1. The van der Waals surface area contributed by atoms with E-state index in [0.29, 0.717) is 13.0 Å². The summed E-state index contributed by atoms with van der Waals surface area (Å²) in [4.78, 5) is 12.4. The second-order valence-corrected chi connectivity index (χ2v) is 5.84. The maximum Gasteiger partial charge on any atom is 0.261 e. The van der Waals surface area contributed by atoms with E-state index < -0.39 is 11.9 Å². The first kappa shape index (κ1) is 17.0. The first-order chi connectivity index (χ1) is 12.2. The van der Waals surface area contributed by atoms with Gasteiger partial charge in [-0.15, -0.1) is 0 Å². The van der Waals surface area contributed by atoms with Crippen LogP contribution in [0.15, 0.2) is 66.7 Å². The van der Waals surface area contributed by atoms with Crippen LogP contribution >= 0.6 is 0 Å². The van der Waals surface area contributed by atoms with Gasteiger partial charge in [0.25, 0.3) is 5.91 Å². The van der Waals surface area contributed by atoms with Crippen molar-refractivity contribution in [2.75, 3.05) is 0 Å². The molecular formula is C21H20FNO2. The lowest BCUT2D eigenvalue weighted by Crippen LogP contribution is -2.37. The Labute approximate surface area is 146 Å². The number of carbonyl (C=O) groups excluding carboxylic acids is 1. The topological polar surface area (TPSA) is 38.3 Å². The van der Waals surface area contributed by atoms with E-state index in [2.05, 4.69) is 5.32 Å². The van der Waals surface area contributed by atoms with Gasteiger partial charge in [0.05, 0.1) is 0 Å². The lowest BCUT2D eigenvalue weighted by Gasteiger charge is -2.17. The Kier molecular flexibility index (Phi) is 5.29. The summed E-state index contributed by atoms with van der Waals surface area (Å²) in [6.07, 6.45) is -0.268. The summed E-state index contributed by atoms with van der Waals surface area (Å²) < 4.78 is 19.2. The molecule has 4 heteroatoms. The summed E-state index contributed by atoms with van der Waals surface area (Å²) in [6.45, 7) is 2.24. The molecule has 128 valence electrons. The van der Waals surface area contributed by atoms with Crippen molar-refractivity contribution in [1.29, 1.82) is 0 Å². The Morgan fingerprint density at radius 3 is 2.52 bits per heavy atom. The molecule has 0 unspecified atom stereocenters. The highest BCUT2D eigenvalue weighted by atomic mass is 19.1. The minimum absolute atomic E-state index is 0.0928. The molecule has 0 heterocycles. The third kappa shape index (κ3) is 4.15. The Hall–Kier alpha value is -2.88. The highest BCUT2D eigenvalue weighted by molar-refractivity contribution is 5.83. The first-order valence-electron chi connectivity index (χ1n) is 8.34. The molecule has 0 saturated heterocycles. The molecule has 1 N–H and O–H groups in total. The second kappa shape index (κ2) is 7.79. The maximum absolute atomic E-state index is 13.7. The van der Waals surface area contributed by atoms with Crippen LogP contribution in [0.2, 0.25) is 0 Å². The van der Waals surface area contributed by atoms with E-state index in [1.165, 1.54) is 12.1 Å². The summed E-state index contributed by atoms with van der Waals surface area (Å²) in [5.74, 6) is -0.627. The van der Waals surface area contributed by atoms with Gasteiger partial charge in [0.1, 0.15) is 0 Å². The maximum atomic E-state index is 13.7. The predicted octanol–water partition coefficient (Wildman–Crippen LogP) is 4.45. The SMILES string of the molecule is CC[C@H](Oc1ccccc1F)C(=O)NCc1ccc2ccccc2c1. The number of fused-ring (bicyclic) bond motifs is 1. The van der Waals surface area contributed by atoms with Crippen LogP contribution in [-0.4, -0.2) is 12.0 Å². The van der Waals surface area contributed by atoms with Gasteiger partial charge in [-0.25, -0.2) is 4.39 Å². The predicted molar refractivity (Wildman–Crippen MR) is 96.9 cm³/mol. The molecular weight excluding hydrogens is 317 g/mol. The zero-order chi connectivity index (χ0) is 17.6. The Balaban J connectivity index is 1.64. The van der Waals surface area contributed by atoms with E-state index in [1.807, 2.05) is 49.4 Å². The normalized spacial score (nSPS) is 11.9. The molecule has 3 aromatic rings. The minimum Gasteiger partial charge on any atom is -0.478 e. The first-order valence-corrected chi connectivity index (χ1v) is 8.34. The van der Waals surface area contributed by atoms with E-state index in [1.54, 1.807) is 12.1 Å². The number of carbonyl (C=O) groups is 1. The molecule has 0 spiro atoms. The fraction of sp³-hybridized carbons (Fsp3) is 0.190. The van der Waals surface area contributed by atoms with Crippen molar-refractivity contribution in [3.63, 3.8) is 0 Å². The molecule has 0 radical (unpaired) electrons. The molecule has 0 saturated carbocycles. The van der Waals surface area contributed by atoms with Crippen LogP contribution in [0.3, 0.4) is 0 Å². The molecule has 3 nitrogen and oxygen atoms in total. The summed E-state index contributed by atoms with van der Waals surface area (Å²) in [6, 6.07) is 20.2. The van der Waals surface area contributed by atoms with E-state index in [4.69, 9.17) is 4.74 Å². The highest BCUT2D eigenvalue weighted by Gasteiger charge is 2.19. The molecule has 25 heavy (non-hydrogen) atoms. The minimum atomic E-state index is -0.725. The van der Waals surface area contributed by atoms with Gasteiger partial charge in [0.2, 0.25) is 0 Å². The Morgan fingerprint density at radius 1 is 1.04 bits per heavy atom. The summed E-state index contributed by atoms with van der Waals surface area (Å²) >= 11 is 0. The molecule has 0 aliphatic heterocycles. The third-order valence-corrected chi connectivity index (χ3v) is 4.05. The standard InChI is InChI=1S/C21H20FNO2/c1-2-19(25-20-10-6-5-9-18(20)22)21(24)23-14-15-11-12-16-7-3-4-8-17(16)13-15/h3-13,19H,2,14H2,1H3,(H,23,24)/t19-/m0/s1. The molecule has 3 rings (SSSR count). The van der Waals surface area contributed by atoms with Crippen molar-refractivity contribution >= 4 is 16.7 Å². The van der Waals surface area contributed by atoms with Gasteiger partial charge in [-0.1, -0.05) is 55.5 Å². The zero-order valence-electron chi connectivity index (χ0n) is 14.0. The van der Waals surface area contributed by atoms with Gasteiger partial charge in [-0.2, -0.15) is 0 Å². The number of ether oxygens (including phenoxy) is 1. The van der Waals surface area contributed by atoms with Crippen LogP contribution in [0.1, 0.15) is 18.9 Å². The molecule has 1 amide bonds. The molecule has 0 aliphatic rings. The van der Waals surface area contributed by atoms with Crippen LogP contribution in [0.25, 0.3) is 10.8 Å². The molecule has 3 aromatic carbocycles. The van der Waals surface area contributed by atoms with E-state index >= 15 is 0 Å². The lowest BCUT2D eigenvalue weighted by molar-refractivity contribution is -0.128. The quantitative estimate of drug-likeness (QED) is 0.721. The van der Waals surface area contributed by atoms with Crippen LogP contribution in [0.4, 0.5) is 4.39 Å². The zero-order valence-corrected chi connectivity index (χ0v) is 14.0. The van der Waals surface area contributed by atoms with Crippen molar-refractivity contribution in [2.45, 2.75) is 26.0 Å². The molecule has 0 bridgehead atoms. The fourth-order valence-corrected chi connectivity index (χ4v) is 2.67. The van der Waals surface area contributed by atoms with Crippen molar-refractivity contribution in [1.82, 2.24) is 5.32 Å². The average molecular weight is 337 g/mol. The summed E-state index contributed by atoms with van der Waals surface area (Å²) in [5.41, 5.74) is 1.01. The number of hydrogen-bond donors (Lipinski definition) is 1. The summed E-state index contributed by atoms with van der Waals surface area (Å²) in [7, 11) is 0. The molecule has 0 aliphatic carbocycles. The number of rotatable bonds is 6. The second-order valence-electron chi connectivity index (χ2n) is 5.84. The molecule has 0 aromatic heterocycles. The highest BCUT2D eigenvalue weighted by Crippen LogP contribution is 2.19. The fourth-order valence-electron chi connectivity index (χ4n) is 2.67. The van der Waals surface area contributed by atoms with Gasteiger partial charge in [0, 0.05) is 6.54 Å². The number of benzene rings is 3. The van der Waals surface area contributed by atoms with Crippen molar-refractivity contribution in [3.8, 4) is 5.75 Å². The number of amides is 1. The monoisotopic (exact) mass is 337 g/mol. The van der Waals surface area contributed by atoms with Crippen LogP contribution in [0, 0.1) is 5.82 Å². The van der Waals surface area contributed by atoms with Gasteiger partial charge < -0.3 is 10.1 Å². The summed E-state index contributed by atoms with van der Waals surface area (Å²) in [5, 5.41) is 5.16. The van der Waals surface area contributed by atoms with Gasteiger partial charge in [0.15, 0.2) is 17.7 Å². The van der Waals surface area contributed by atoms with Crippen LogP contribution in [-0.2, 0) is 11.3 Å². The van der Waals surface area contributed by atoms with E-state index in [0.717, 1.165) is 16.3 Å². The van der Waals surface area contributed by atoms with Gasteiger partial charge in [-0.05, 0) is 41.0 Å². The third-order valence-electron chi connectivity index (χ3n) is 4.05. The molecule has 1 atom stereocenters. The Morgan fingerprint density at radius 2 is 1.76 bits per heavy atom. The number of halogens is 1. The van der Waals surface area contributed by atoms with Gasteiger partial charge in [-0.3, -0.25) is 4.79 Å². The van der Waals surface area contributed by atoms with Gasteiger partial charge >= 0.3 is 0 Å². The average Bonchev–Trinajstić information content (AvgIpc) is 2.65.